The molecule has 0 fully saturated rings. The molecule has 15 heteroatoms. The molecule has 0 saturated carbocycles. The number of quaternary nitrogens is 2. The number of hydrogen-bond donors (Lipinski definition) is 2. The average Bonchev–Trinajstić information content (AvgIpc) is 3.67. The predicted molar refractivity (Wildman–Crippen MR) is 246 cm³/mol. The minimum atomic E-state index is -3.36. The van der Waals surface area contributed by atoms with E-state index in [2.05, 4.69) is 207 Å². The van der Waals surface area contributed by atoms with Crippen molar-refractivity contribution in [2.24, 2.45) is 20.5 Å². The van der Waals surface area contributed by atoms with Gasteiger partial charge in [-0.2, -0.15) is 0 Å². The molecule has 2 N–H and O–H groups in total. The fraction of sp³-hybridized carbons (Fsp3) is 0.364. The van der Waals surface area contributed by atoms with E-state index in [0.717, 1.165) is 60.3 Å². The number of nitrogens with one attached hydrogen (secondary N) is 2. The van der Waals surface area contributed by atoms with Crippen LogP contribution in [0, 0.1) is 13.8 Å². The fourth-order valence-corrected chi connectivity index (χ4v) is 7.02. The molecule has 2 aliphatic heterocycles. The van der Waals surface area contributed by atoms with E-state index in [1.54, 1.807) is 0 Å². The number of azo groups is 2. The van der Waals surface area contributed by atoms with E-state index in [1.165, 1.54) is 32.5 Å². The number of halogens is 4. The van der Waals surface area contributed by atoms with Crippen molar-refractivity contribution < 1.29 is 20.8 Å². The Kier molecular flexibility index (Phi) is 18.7. The first-order valence-corrected chi connectivity index (χ1v) is 36.0. The van der Waals surface area contributed by atoms with E-state index in [4.69, 9.17) is 38.8 Å². The van der Waals surface area contributed by atoms with E-state index in [9.17, 15) is 0 Å². The molecule has 0 spiro atoms. The number of nitrogens with zero attached hydrogens (tertiary/aromatic N) is 8. The molecule has 2 aliphatic rings. The van der Waals surface area contributed by atoms with Crippen LogP contribution in [0.1, 0.15) is 62.0 Å². The Morgan fingerprint density at radius 2 is 0.864 bits per heavy atom. The van der Waals surface area contributed by atoms with Crippen LogP contribution >= 0.6 is 38.8 Å². The molecular weight excluding hydrogens is 876 g/mol. The number of rotatable bonds is 12. The van der Waals surface area contributed by atoms with Crippen LogP contribution in [0.4, 0.5) is 22.7 Å². The van der Waals surface area contributed by atoms with E-state index >= 15 is 0 Å². The quantitative estimate of drug-likeness (QED) is 0.110. The Bertz CT molecular complexity index is 1900. The second kappa shape index (κ2) is 22.9. The van der Waals surface area contributed by atoms with Gasteiger partial charge in [0.1, 0.15) is 0 Å². The summed E-state index contributed by atoms with van der Waals surface area (Å²) in [7, 11) is 25.2. The van der Waals surface area contributed by atoms with Gasteiger partial charge in [0.15, 0.2) is 12.1 Å². The molecular formula is C44H60Cl4N10Zn. The van der Waals surface area contributed by atoms with E-state index in [-0.39, 0.29) is 12.1 Å². The molecule has 0 aromatic heterocycles. The summed E-state index contributed by atoms with van der Waals surface area (Å²) in [5.41, 5.74) is 9.17. The van der Waals surface area contributed by atoms with Crippen LogP contribution in [0.2, 0.25) is 0 Å². The molecule has 4 aromatic carbocycles. The summed E-state index contributed by atoms with van der Waals surface area (Å²) in [5.74, 6) is 1.79. The van der Waals surface area contributed by atoms with Gasteiger partial charge in [0.05, 0.1) is 39.6 Å². The molecule has 0 aliphatic carbocycles. The van der Waals surface area contributed by atoms with Crippen LogP contribution in [-0.2, 0) is 10.8 Å². The van der Waals surface area contributed by atoms with Crippen LogP contribution in [0.3, 0.4) is 0 Å². The number of likely N-dealkylation sites (N-methyl/N-ethyl adjacent to an activating group) is 2. The van der Waals surface area contributed by atoms with Crippen LogP contribution in [0.15, 0.2) is 141 Å². The molecule has 0 amide bonds. The summed E-state index contributed by atoms with van der Waals surface area (Å²) in [6, 6.07) is 34.4. The fourth-order valence-electron chi connectivity index (χ4n) is 7.02. The summed E-state index contributed by atoms with van der Waals surface area (Å²) >= 11 is 0. The third-order valence-corrected chi connectivity index (χ3v) is 10.7. The molecule has 0 bridgehead atoms. The topological polar surface area (TPSA) is 71.3 Å². The van der Waals surface area contributed by atoms with Crippen molar-refractivity contribution in [2.45, 2.75) is 53.6 Å². The van der Waals surface area contributed by atoms with Crippen molar-refractivity contribution in [1.82, 2.24) is 10.0 Å². The third kappa shape index (κ3) is 13.7. The monoisotopic (exact) mass is 932 g/mol. The van der Waals surface area contributed by atoms with Crippen molar-refractivity contribution in [3.63, 3.8) is 0 Å². The van der Waals surface area contributed by atoms with Gasteiger partial charge in [-0.15, -0.1) is 20.5 Å². The Labute approximate surface area is 371 Å². The molecule has 10 nitrogen and oxygen atoms in total. The Balaban J connectivity index is 0.000000234. The third-order valence-electron chi connectivity index (χ3n) is 10.7. The van der Waals surface area contributed by atoms with Gasteiger partial charge in [0.25, 0.3) is 0 Å². The van der Waals surface area contributed by atoms with E-state index in [1.807, 2.05) is 12.1 Å². The van der Waals surface area contributed by atoms with Gasteiger partial charge in [-0.1, -0.05) is 60.7 Å². The molecule has 6 rings (SSSR count). The second-order valence-corrected chi connectivity index (χ2v) is 42.3. The number of anilines is 2. The molecule has 0 radical (unpaired) electrons. The summed E-state index contributed by atoms with van der Waals surface area (Å²) < 4.78 is 0. The average molecular weight is 936 g/mol. The predicted octanol–water partition coefficient (Wildman–Crippen LogP) is 10.5. The normalized spacial score (nSPS) is 18.9. The molecule has 59 heavy (non-hydrogen) atoms. The van der Waals surface area contributed by atoms with Crippen LogP contribution in [-0.4, -0.2) is 64.4 Å². The van der Waals surface area contributed by atoms with Crippen molar-refractivity contribution in [3.8, 4) is 0 Å². The van der Waals surface area contributed by atoms with Crippen LogP contribution in [0.25, 0.3) is 0 Å². The zero-order valence-electron chi connectivity index (χ0n) is 36.2. The molecule has 4 aromatic rings. The summed E-state index contributed by atoms with van der Waals surface area (Å²) in [6.45, 7) is 16.9. The first-order valence-electron chi connectivity index (χ1n) is 20.4. The Hall–Kier alpha value is -3.54. The van der Waals surface area contributed by atoms with Crippen molar-refractivity contribution in [1.29, 1.82) is 0 Å². The van der Waals surface area contributed by atoms with Crippen molar-refractivity contribution >= 4 is 61.5 Å². The zero-order valence-corrected chi connectivity index (χ0v) is 42.2. The first-order chi connectivity index (χ1) is 28.1. The number of hydrogen-bond acceptors (Lipinski definition) is 8. The first kappa shape index (κ1) is 48.1. The summed E-state index contributed by atoms with van der Waals surface area (Å²) in [5, 5.41) is 25.0. The molecule has 0 saturated heterocycles. The van der Waals surface area contributed by atoms with Gasteiger partial charge < -0.3 is 9.80 Å². The Morgan fingerprint density at radius 3 is 1.15 bits per heavy atom. The van der Waals surface area contributed by atoms with E-state index < -0.39 is 10.8 Å². The van der Waals surface area contributed by atoms with Crippen LogP contribution < -0.4 is 19.8 Å². The van der Waals surface area contributed by atoms with Gasteiger partial charge in [-0.25, -0.2) is 20.0 Å². The maximum absolute atomic E-state index is 5.05. The minimum absolute atomic E-state index is 0.260. The summed E-state index contributed by atoms with van der Waals surface area (Å²) in [4.78, 5) is 4.67. The van der Waals surface area contributed by atoms with Crippen molar-refractivity contribution in [3.05, 3.63) is 143 Å². The van der Waals surface area contributed by atoms with Crippen LogP contribution in [0.5, 0.6) is 0 Å². The van der Waals surface area contributed by atoms with Gasteiger partial charge in [-0.05, 0) is 89.1 Å². The van der Waals surface area contributed by atoms with Gasteiger partial charge in [0.2, 0.25) is 11.6 Å². The van der Waals surface area contributed by atoms with Gasteiger partial charge in [0, 0.05) is 60.8 Å². The number of benzene rings is 4. The second-order valence-electron chi connectivity index (χ2n) is 14.5. The number of aryl methyl sites for hydroxylation is 2. The molecule has 4 unspecified atom stereocenters. The molecule has 4 atom stereocenters. The maximum atomic E-state index is 5.05. The summed E-state index contributed by atoms with van der Waals surface area (Å²) in [6.07, 6.45) is 4.38. The molecule has 316 valence electrons. The molecule has 2 heterocycles. The van der Waals surface area contributed by atoms with Crippen molar-refractivity contribution in [2.75, 3.05) is 64.2 Å². The zero-order chi connectivity index (χ0) is 43.3. The SMILES string of the molecule is CCN(CC)c1ccc(N=NC2=CC(c3ccccc3)[NH+](C)N2C)c(C)c1.CCN(CC)c1ccc(N=NC2=CC(c3ccccc3)[NH+](C)N2C)c(C)c1.[Cl][Zn-2]([Cl])([Cl])[Cl]. The standard InChI is InChI=1S/2C22H29N5.4ClH.Zn/c2*1-6-27(7-2)19-13-14-20(17(3)15-19)23-24-22-16-21(25(4)26(22)5)18-11-9-8-10-12-18;;;;;/h2*8-16,21H,6-7H2,1-5H3;4*1H;/q;;;;;;+2/p-2. The van der Waals surface area contributed by atoms with Gasteiger partial charge in [-0.3, -0.25) is 0 Å². The van der Waals surface area contributed by atoms with E-state index in [0.29, 0.717) is 0 Å². The Morgan fingerprint density at radius 1 is 0.542 bits per heavy atom. The van der Waals surface area contributed by atoms with Gasteiger partial charge >= 0.3 is 49.6 Å².